The number of carbonyl (C=O) groups excluding carboxylic acids is 2. The SMILES string of the molecule is CC(C)(C)NC(=O)Nc1nc2nc(NCCN3CCOCC3)ncc2cc1-c1c(Cl)ccc(NC(=O)c2cccc(C(F)F)c2)c1Cl. The number of hydrogen-bond donors (Lipinski definition) is 4. The molecule has 0 bridgehead atoms. The molecule has 2 aromatic heterocycles. The number of amides is 3. The summed E-state index contributed by atoms with van der Waals surface area (Å²) in [6.07, 6.45) is -1.14. The fourth-order valence-electron chi connectivity index (χ4n) is 4.87. The smallest absolute Gasteiger partial charge is 0.320 e. The zero-order valence-electron chi connectivity index (χ0n) is 26.0. The summed E-state index contributed by atoms with van der Waals surface area (Å²) in [7, 11) is 0. The largest absolute Gasteiger partial charge is 0.379 e. The highest BCUT2D eigenvalue weighted by molar-refractivity contribution is 6.41. The molecule has 0 radical (unpaired) electrons. The molecule has 0 atom stereocenters. The molecule has 5 rings (SSSR count). The summed E-state index contributed by atoms with van der Waals surface area (Å²) in [6, 6.07) is 9.32. The number of carbonyl (C=O) groups is 2. The van der Waals surface area contributed by atoms with Crippen LogP contribution in [-0.4, -0.2) is 76.7 Å². The number of benzene rings is 2. The number of aromatic nitrogens is 3. The van der Waals surface area contributed by atoms with E-state index in [0.717, 1.165) is 25.7 Å². The summed E-state index contributed by atoms with van der Waals surface area (Å²) in [5.41, 5.74) is 0.255. The van der Waals surface area contributed by atoms with Crippen molar-refractivity contribution in [1.82, 2.24) is 25.2 Å². The molecule has 0 saturated carbocycles. The monoisotopic (exact) mass is 686 g/mol. The number of urea groups is 1. The van der Waals surface area contributed by atoms with Crippen LogP contribution in [0.3, 0.4) is 0 Å². The zero-order valence-corrected chi connectivity index (χ0v) is 27.5. The van der Waals surface area contributed by atoms with E-state index in [4.69, 9.17) is 27.9 Å². The third-order valence-corrected chi connectivity index (χ3v) is 7.82. The summed E-state index contributed by atoms with van der Waals surface area (Å²) in [5, 5.41) is 12.3. The summed E-state index contributed by atoms with van der Waals surface area (Å²) in [5.74, 6) is -0.175. The Bertz CT molecular complexity index is 1780. The number of hydrogen-bond acceptors (Lipinski definition) is 8. The van der Waals surface area contributed by atoms with Crippen LogP contribution < -0.4 is 21.3 Å². The number of nitrogens with zero attached hydrogens (tertiary/aromatic N) is 4. The molecule has 4 aromatic rings. The van der Waals surface area contributed by atoms with Crippen LogP contribution in [0.1, 0.15) is 43.1 Å². The van der Waals surface area contributed by atoms with Crippen molar-refractivity contribution in [3.05, 3.63) is 69.8 Å². The van der Waals surface area contributed by atoms with Gasteiger partial charge in [0.15, 0.2) is 5.65 Å². The maximum Gasteiger partial charge on any atom is 0.320 e. The van der Waals surface area contributed by atoms with Crippen molar-refractivity contribution >= 4 is 63.6 Å². The van der Waals surface area contributed by atoms with Crippen LogP contribution in [0, 0.1) is 0 Å². The van der Waals surface area contributed by atoms with E-state index in [1.807, 2.05) is 20.8 Å². The Morgan fingerprint density at radius 2 is 1.81 bits per heavy atom. The molecule has 0 unspecified atom stereocenters. The molecule has 47 heavy (non-hydrogen) atoms. The van der Waals surface area contributed by atoms with Gasteiger partial charge < -0.3 is 20.7 Å². The summed E-state index contributed by atoms with van der Waals surface area (Å²) in [4.78, 5) is 42.0. The van der Waals surface area contributed by atoms with Gasteiger partial charge in [-0.2, -0.15) is 4.98 Å². The van der Waals surface area contributed by atoms with Gasteiger partial charge in [0, 0.05) is 65.6 Å². The summed E-state index contributed by atoms with van der Waals surface area (Å²) in [6.45, 7) is 10.0. The van der Waals surface area contributed by atoms with Crippen molar-refractivity contribution in [3.8, 4) is 11.1 Å². The molecule has 1 saturated heterocycles. The standard InChI is InChI=1S/C32H34Cl2F2N8O3/c1-32(2,3)43-31(46)42-28-21(16-20-17-38-30(41-27(20)40-28)37-9-10-44-11-13-47-14-12-44)24-22(33)7-8-23(25(24)34)39-29(45)19-6-4-5-18(15-19)26(35)36/h4-8,15-17,26H,9-14H2,1-3H3,(H,39,45)(H3,37,38,40,41,42,43,46). The highest BCUT2D eigenvalue weighted by Gasteiger charge is 2.23. The zero-order chi connectivity index (χ0) is 33.7. The van der Waals surface area contributed by atoms with Crippen LogP contribution in [-0.2, 0) is 4.74 Å². The van der Waals surface area contributed by atoms with Gasteiger partial charge in [-0.3, -0.25) is 15.0 Å². The predicted octanol–water partition coefficient (Wildman–Crippen LogP) is 6.85. The first-order valence-corrected chi connectivity index (χ1v) is 15.6. The number of alkyl halides is 2. The van der Waals surface area contributed by atoms with Crippen LogP contribution in [0.2, 0.25) is 10.0 Å². The van der Waals surface area contributed by atoms with Gasteiger partial charge in [0.25, 0.3) is 12.3 Å². The second-order valence-electron chi connectivity index (χ2n) is 11.9. The van der Waals surface area contributed by atoms with Gasteiger partial charge in [0.2, 0.25) is 5.95 Å². The Balaban J connectivity index is 1.49. The van der Waals surface area contributed by atoms with E-state index in [0.29, 0.717) is 42.3 Å². The number of nitrogens with one attached hydrogen (secondary N) is 4. The summed E-state index contributed by atoms with van der Waals surface area (Å²) >= 11 is 13.5. The fraction of sp³-hybridized carbons (Fsp3) is 0.344. The molecule has 1 fully saturated rings. The second kappa shape index (κ2) is 14.7. The van der Waals surface area contributed by atoms with Gasteiger partial charge in [-0.05, 0) is 51.1 Å². The van der Waals surface area contributed by atoms with Gasteiger partial charge in [-0.1, -0.05) is 35.3 Å². The molecule has 4 N–H and O–H groups in total. The topological polar surface area (TPSA) is 133 Å². The Morgan fingerprint density at radius 3 is 2.53 bits per heavy atom. The number of fused-ring (bicyclic) bond motifs is 1. The van der Waals surface area contributed by atoms with Gasteiger partial charge in [-0.25, -0.2) is 23.5 Å². The van der Waals surface area contributed by atoms with E-state index in [-0.39, 0.29) is 38.2 Å². The first-order chi connectivity index (χ1) is 22.4. The number of morpholine rings is 1. The minimum Gasteiger partial charge on any atom is -0.379 e. The highest BCUT2D eigenvalue weighted by atomic mass is 35.5. The van der Waals surface area contributed by atoms with Crippen LogP contribution in [0.25, 0.3) is 22.2 Å². The van der Waals surface area contributed by atoms with E-state index in [1.54, 1.807) is 12.3 Å². The van der Waals surface area contributed by atoms with Crippen LogP contribution in [0.4, 0.5) is 31.0 Å². The first kappa shape index (κ1) is 34.2. The fourth-order valence-corrected chi connectivity index (χ4v) is 5.49. The normalized spacial score (nSPS) is 13.9. The van der Waals surface area contributed by atoms with Crippen LogP contribution in [0.15, 0.2) is 48.7 Å². The van der Waals surface area contributed by atoms with E-state index >= 15 is 0 Å². The maximum atomic E-state index is 13.2. The average Bonchev–Trinajstić information content (AvgIpc) is 3.02. The number of pyridine rings is 1. The molecule has 1 aliphatic heterocycles. The van der Waals surface area contributed by atoms with E-state index in [1.165, 1.54) is 30.3 Å². The Kier molecular flexibility index (Phi) is 10.7. The first-order valence-electron chi connectivity index (χ1n) is 14.9. The van der Waals surface area contributed by atoms with Gasteiger partial charge in [-0.15, -0.1) is 0 Å². The minimum absolute atomic E-state index is 0.0236. The van der Waals surface area contributed by atoms with Crippen molar-refractivity contribution in [1.29, 1.82) is 0 Å². The van der Waals surface area contributed by atoms with Crippen LogP contribution in [0.5, 0.6) is 0 Å². The van der Waals surface area contributed by atoms with E-state index in [9.17, 15) is 18.4 Å². The molecule has 0 spiro atoms. The van der Waals surface area contributed by atoms with E-state index < -0.39 is 23.9 Å². The van der Waals surface area contributed by atoms with Gasteiger partial charge in [0.1, 0.15) is 5.82 Å². The number of rotatable bonds is 9. The molecule has 0 aliphatic carbocycles. The molecule has 248 valence electrons. The van der Waals surface area contributed by atoms with E-state index in [2.05, 4.69) is 41.1 Å². The number of halogens is 4. The lowest BCUT2D eigenvalue weighted by atomic mass is 10.0. The molecule has 2 aromatic carbocycles. The molecular formula is C32H34Cl2F2N8O3. The molecule has 11 nitrogen and oxygen atoms in total. The lowest BCUT2D eigenvalue weighted by molar-refractivity contribution is 0.0398. The average molecular weight is 688 g/mol. The molecule has 3 amide bonds. The molecule has 3 heterocycles. The third-order valence-electron chi connectivity index (χ3n) is 7.11. The lowest BCUT2D eigenvalue weighted by Crippen LogP contribution is -2.43. The maximum absolute atomic E-state index is 13.2. The van der Waals surface area contributed by atoms with Crippen molar-refractivity contribution < 1.29 is 23.1 Å². The lowest BCUT2D eigenvalue weighted by Gasteiger charge is -2.26. The Hall–Kier alpha value is -4.17. The molecule has 15 heteroatoms. The van der Waals surface area contributed by atoms with Gasteiger partial charge in [0.05, 0.1) is 28.9 Å². The van der Waals surface area contributed by atoms with Crippen molar-refractivity contribution in [2.75, 3.05) is 55.3 Å². The van der Waals surface area contributed by atoms with Gasteiger partial charge >= 0.3 is 6.03 Å². The highest BCUT2D eigenvalue weighted by Crippen LogP contribution is 2.43. The summed E-state index contributed by atoms with van der Waals surface area (Å²) < 4.78 is 31.9. The Morgan fingerprint density at radius 1 is 1.04 bits per heavy atom. The minimum atomic E-state index is -2.73. The number of ether oxygens (including phenoxy) is 1. The van der Waals surface area contributed by atoms with Crippen LogP contribution >= 0.6 is 23.2 Å². The quantitative estimate of drug-likeness (QED) is 0.150. The van der Waals surface area contributed by atoms with Crippen molar-refractivity contribution in [3.63, 3.8) is 0 Å². The van der Waals surface area contributed by atoms with Crippen molar-refractivity contribution in [2.45, 2.75) is 32.7 Å². The second-order valence-corrected chi connectivity index (χ2v) is 12.7. The number of anilines is 3. The predicted molar refractivity (Wildman–Crippen MR) is 180 cm³/mol. The third kappa shape index (κ3) is 8.80. The van der Waals surface area contributed by atoms with Crippen molar-refractivity contribution in [2.24, 2.45) is 0 Å². The Labute approximate surface area is 280 Å². The molecule has 1 aliphatic rings. The molecular weight excluding hydrogens is 653 g/mol.